The second-order valence-electron chi connectivity index (χ2n) is 10.9. The van der Waals surface area contributed by atoms with E-state index in [9.17, 15) is 14.0 Å². The van der Waals surface area contributed by atoms with E-state index in [4.69, 9.17) is 4.74 Å². The third kappa shape index (κ3) is 9.65. The number of amides is 2. The van der Waals surface area contributed by atoms with E-state index < -0.39 is 0 Å². The molecule has 6 nitrogen and oxygen atoms in total. The second-order valence-corrected chi connectivity index (χ2v) is 10.9. The Morgan fingerprint density at radius 2 is 1.51 bits per heavy atom. The molecule has 43 heavy (non-hydrogen) atoms. The number of benzene rings is 3. The fourth-order valence-electron chi connectivity index (χ4n) is 5.06. The molecule has 4 rings (SSSR count). The van der Waals surface area contributed by atoms with E-state index in [1.165, 1.54) is 17.7 Å². The predicted molar refractivity (Wildman–Crippen MR) is 168 cm³/mol. The molecule has 7 heteroatoms. The largest absolute Gasteiger partial charge is 0.385 e. The molecule has 0 saturated heterocycles. The SMILES string of the molecule is CCCCc1ccc(C(=O)N(CCCOC)CC(=O)N(Cc2ccccc2)Cc2cccn2Cc2ccc(F)cc2)cc1. The number of methoxy groups -OCH3 is 1. The van der Waals surface area contributed by atoms with Gasteiger partial charge in [-0.2, -0.15) is 0 Å². The molecule has 0 aliphatic heterocycles. The van der Waals surface area contributed by atoms with Crippen molar-refractivity contribution in [1.29, 1.82) is 0 Å². The number of halogens is 1. The monoisotopic (exact) mass is 583 g/mol. The average molecular weight is 584 g/mol. The van der Waals surface area contributed by atoms with Crippen LogP contribution in [0.15, 0.2) is 97.2 Å². The Labute approximate surface area is 254 Å². The van der Waals surface area contributed by atoms with Crippen molar-refractivity contribution in [3.05, 3.63) is 131 Å². The van der Waals surface area contributed by atoms with E-state index in [-0.39, 0.29) is 24.2 Å². The summed E-state index contributed by atoms with van der Waals surface area (Å²) in [4.78, 5) is 31.1. The minimum Gasteiger partial charge on any atom is -0.385 e. The lowest BCUT2D eigenvalue weighted by Crippen LogP contribution is -2.43. The number of aryl methyl sites for hydroxylation is 1. The molecule has 0 saturated carbocycles. The molecule has 2 amide bonds. The highest BCUT2D eigenvalue weighted by Gasteiger charge is 2.23. The molecular weight excluding hydrogens is 541 g/mol. The molecule has 3 aromatic carbocycles. The maximum atomic E-state index is 14.0. The van der Waals surface area contributed by atoms with E-state index in [2.05, 4.69) is 11.5 Å². The van der Waals surface area contributed by atoms with Gasteiger partial charge in [0.1, 0.15) is 12.4 Å². The van der Waals surface area contributed by atoms with Crippen LogP contribution in [-0.4, -0.2) is 53.0 Å². The van der Waals surface area contributed by atoms with E-state index >= 15 is 0 Å². The lowest BCUT2D eigenvalue weighted by Gasteiger charge is -2.28. The Bertz CT molecular complexity index is 1420. The third-order valence-electron chi connectivity index (χ3n) is 7.52. The summed E-state index contributed by atoms with van der Waals surface area (Å²) in [5, 5.41) is 0. The van der Waals surface area contributed by atoms with Gasteiger partial charge < -0.3 is 19.1 Å². The number of nitrogens with zero attached hydrogens (tertiary/aromatic N) is 3. The fourth-order valence-corrected chi connectivity index (χ4v) is 5.06. The molecule has 4 aromatic rings. The van der Waals surface area contributed by atoms with Crippen LogP contribution in [-0.2, 0) is 35.6 Å². The minimum atomic E-state index is -0.270. The van der Waals surface area contributed by atoms with Crippen LogP contribution >= 0.6 is 0 Å². The zero-order valence-corrected chi connectivity index (χ0v) is 25.3. The number of hydrogen-bond acceptors (Lipinski definition) is 3. The third-order valence-corrected chi connectivity index (χ3v) is 7.52. The first-order valence-electron chi connectivity index (χ1n) is 15.0. The topological polar surface area (TPSA) is 54.8 Å². The van der Waals surface area contributed by atoms with Gasteiger partial charge in [0, 0.05) is 50.8 Å². The van der Waals surface area contributed by atoms with Crippen molar-refractivity contribution in [2.75, 3.05) is 26.8 Å². The number of rotatable bonds is 16. The molecule has 0 aliphatic rings. The summed E-state index contributed by atoms with van der Waals surface area (Å²) in [7, 11) is 1.63. The number of aromatic nitrogens is 1. The Kier molecular flexibility index (Phi) is 12.1. The number of unbranched alkanes of at least 4 members (excludes halogenated alkanes) is 1. The van der Waals surface area contributed by atoms with Crippen LogP contribution in [0, 0.1) is 5.82 Å². The van der Waals surface area contributed by atoms with Crippen LogP contribution in [0.25, 0.3) is 0 Å². The van der Waals surface area contributed by atoms with Crippen LogP contribution in [0.3, 0.4) is 0 Å². The van der Waals surface area contributed by atoms with Crippen LogP contribution in [0.4, 0.5) is 4.39 Å². The van der Waals surface area contributed by atoms with Gasteiger partial charge in [-0.3, -0.25) is 9.59 Å². The number of ether oxygens (including phenoxy) is 1. The highest BCUT2D eigenvalue weighted by atomic mass is 19.1. The van der Waals surface area contributed by atoms with E-state index in [0.717, 1.165) is 36.1 Å². The molecule has 1 aromatic heterocycles. The first-order valence-corrected chi connectivity index (χ1v) is 15.0. The van der Waals surface area contributed by atoms with Gasteiger partial charge in [-0.1, -0.05) is 67.9 Å². The number of carbonyl (C=O) groups excluding carboxylic acids is 2. The van der Waals surface area contributed by atoms with Crippen molar-refractivity contribution in [3.8, 4) is 0 Å². The summed E-state index contributed by atoms with van der Waals surface area (Å²) in [5.74, 6) is -0.567. The Morgan fingerprint density at radius 3 is 2.21 bits per heavy atom. The van der Waals surface area contributed by atoms with Crippen LogP contribution in [0.2, 0.25) is 0 Å². The summed E-state index contributed by atoms with van der Waals surface area (Å²) in [6.45, 7) is 4.38. The molecular formula is C36H42FN3O3. The zero-order chi connectivity index (χ0) is 30.4. The van der Waals surface area contributed by atoms with Crippen molar-refractivity contribution < 1.29 is 18.7 Å². The average Bonchev–Trinajstić information content (AvgIpc) is 3.47. The summed E-state index contributed by atoms with van der Waals surface area (Å²) in [5.41, 5.74) is 4.71. The minimum absolute atomic E-state index is 0.0361. The zero-order valence-electron chi connectivity index (χ0n) is 25.3. The van der Waals surface area contributed by atoms with E-state index in [0.29, 0.717) is 44.8 Å². The fraction of sp³-hybridized carbons (Fsp3) is 0.333. The van der Waals surface area contributed by atoms with Gasteiger partial charge in [-0.25, -0.2) is 4.39 Å². The highest BCUT2D eigenvalue weighted by Crippen LogP contribution is 2.16. The lowest BCUT2D eigenvalue weighted by atomic mass is 10.1. The van der Waals surface area contributed by atoms with Crippen molar-refractivity contribution >= 4 is 11.8 Å². The second kappa shape index (κ2) is 16.4. The lowest BCUT2D eigenvalue weighted by molar-refractivity contribution is -0.133. The summed E-state index contributed by atoms with van der Waals surface area (Å²) in [6, 6.07) is 28.0. The molecule has 0 bridgehead atoms. The molecule has 226 valence electrons. The van der Waals surface area contributed by atoms with Crippen LogP contribution < -0.4 is 0 Å². The highest BCUT2D eigenvalue weighted by molar-refractivity contribution is 5.96. The molecule has 0 radical (unpaired) electrons. The van der Waals surface area contributed by atoms with Gasteiger partial charge in [0.15, 0.2) is 0 Å². The number of hydrogen-bond donors (Lipinski definition) is 0. The van der Waals surface area contributed by atoms with Gasteiger partial charge in [-0.05, 0) is 72.4 Å². The first kappa shape index (κ1) is 31.7. The molecule has 0 atom stereocenters. The van der Waals surface area contributed by atoms with Crippen molar-refractivity contribution in [3.63, 3.8) is 0 Å². The standard InChI is InChI=1S/C36H42FN3O3/c1-3-4-10-29-14-18-32(19-15-29)36(42)39(23-9-24-43-2)28-35(41)40(26-30-11-6-5-7-12-30)27-34-13-8-22-38(34)25-31-16-20-33(37)21-17-31/h5-8,11-22H,3-4,9-10,23-28H2,1-2H3. The molecule has 1 heterocycles. The van der Waals surface area contributed by atoms with Crippen LogP contribution in [0.5, 0.6) is 0 Å². The smallest absolute Gasteiger partial charge is 0.254 e. The van der Waals surface area contributed by atoms with E-state index in [1.54, 1.807) is 29.0 Å². The Balaban J connectivity index is 1.54. The summed E-state index contributed by atoms with van der Waals surface area (Å²) < 4.78 is 20.8. The molecule has 0 fully saturated rings. The van der Waals surface area contributed by atoms with Gasteiger partial charge in [0.2, 0.25) is 5.91 Å². The number of carbonyl (C=O) groups is 2. The maximum Gasteiger partial charge on any atom is 0.254 e. The molecule has 0 unspecified atom stereocenters. The maximum absolute atomic E-state index is 14.0. The summed E-state index contributed by atoms with van der Waals surface area (Å²) in [6.07, 6.45) is 5.80. The van der Waals surface area contributed by atoms with Gasteiger partial charge in [0.25, 0.3) is 5.91 Å². The first-order chi connectivity index (χ1) is 21.0. The van der Waals surface area contributed by atoms with E-state index in [1.807, 2.05) is 72.9 Å². The van der Waals surface area contributed by atoms with Crippen molar-refractivity contribution in [1.82, 2.24) is 14.4 Å². The Morgan fingerprint density at radius 1 is 0.791 bits per heavy atom. The predicted octanol–water partition coefficient (Wildman–Crippen LogP) is 6.73. The van der Waals surface area contributed by atoms with Gasteiger partial charge in [-0.15, -0.1) is 0 Å². The summed E-state index contributed by atoms with van der Waals surface area (Å²) >= 11 is 0. The van der Waals surface area contributed by atoms with Crippen molar-refractivity contribution in [2.45, 2.75) is 52.2 Å². The van der Waals surface area contributed by atoms with Gasteiger partial charge in [0.05, 0.1) is 6.54 Å². The molecule has 0 spiro atoms. The molecule has 0 N–H and O–H groups in total. The van der Waals surface area contributed by atoms with Crippen LogP contribution in [0.1, 0.15) is 58.9 Å². The normalized spacial score (nSPS) is 11.0. The van der Waals surface area contributed by atoms with Gasteiger partial charge >= 0.3 is 0 Å². The quantitative estimate of drug-likeness (QED) is 0.138. The van der Waals surface area contributed by atoms with Crippen molar-refractivity contribution in [2.24, 2.45) is 0 Å². The Hall–Kier alpha value is -4.23. The molecule has 0 aliphatic carbocycles.